The van der Waals surface area contributed by atoms with Crippen molar-refractivity contribution >= 4 is 49.7 Å². The number of furan rings is 1. The second-order valence-electron chi connectivity index (χ2n) is 7.83. The Morgan fingerprint density at radius 1 is 1.16 bits per heavy atom. The van der Waals surface area contributed by atoms with E-state index in [0.717, 1.165) is 46.9 Å². The lowest BCUT2D eigenvalue weighted by atomic mass is 10.1. The highest BCUT2D eigenvalue weighted by molar-refractivity contribution is 9.10. The predicted molar refractivity (Wildman–Crippen MR) is 127 cm³/mol. The number of ether oxygens (including phenoxy) is 1. The summed E-state index contributed by atoms with van der Waals surface area (Å²) in [4.78, 5) is 24.6. The minimum absolute atomic E-state index is 0.138. The van der Waals surface area contributed by atoms with Crippen LogP contribution in [0, 0.1) is 0 Å². The highest BCUT2D eigenvalue weighted by atomic mass is 79.9. The first-order valence-corrected chi connectivity index (χ1v) is 11.5. The molecule has 1 aliphatic heterocycles. The number of carbonyl (C=O) groups is 1. The van der Waals surface area contributed by atoms with Crippen molar-refractivity contribution in [1.82, 2.24) is 15.3 Å². The van der Waals surface area contributed by atoms with Gasteiger partial charge in [0.1, 0.15) is 16.8 Å². The number of benzene rings is 2. The van der Waals surface area contributed by atoms with Gasteiger partial charge in [-0.3, -0.25) is 4.79 Å². The number of nitrogens with one attached hydrogen (secondary N) is 1. The Balaban J connectivity index is 1.52. The molecule has 1 aliphatic rings. The van der Waals surface area contributed by atoms with Gasteiger partial charge in [0.05, 0.1) is 7.11 Å². The molecule has 1 fully saturated rings. The minimum atomic E-state index is -0.336. The number of nitrogens with zero attached hydrogens (tertiary/aromatic N) is 3. The molecule has 164 valence electrons. The molecule has 1 saturated heterocycles. The maximum atomic E-state index is 13.1. The van der Waals surface area contributed by atoms with E-state index in [-0.39, 0.29) is 11.7 Å². The number of hydrogen-bond acceptors (Lipinski definition) is 6. The Kier molecular flexibility index (Phi) is 5.70. The number of para-hydroxylation sites is 1. The van der Waals surface area contributed by atoms with Gasteiger partial charge >= 0.3 is 0 Å². The Bertz CT molecular complexity index is 1300. The molecule has 7 nitrogen and oxygen atoms in total. The van der Waals surface area contributed by atoms with Crippen LogP contribution in [0.2, 0.25) is 0 Å². The molecule has 8 heteroatoms. The highest BCUT2D eigenvalue weighted by Crippen LogP contribution is 2.34. The largest absolute Gasteiger partial charge is 0.496 e. The molecular weight excluding hydrogens is 472 g/mol. The van der Waals surface area contributed by atoms with E-state index in [2.05, 4.69) is 36.1 Å². The molecule has 2 aromatic carbocycles. The second kappa shape index (κ2) is 8.78. The number of hydrogen-bond donors (Lipinski definition) is 1. The summed E-state index contributed by atoms with van der Waals surface area (Å²) in [6.07, 6.45) is 3.39. The zero-order valence-corrected chi connectivity index (χ0v) is 19.3. The molecule has 0 bridgehead atoms. The van der Waals surface area contributed by atoms with Crippen molar-refractivity contribution in [2.24, 2.45) is 0 Å². The molecule has 0 spiro atoms. The summed E-state index contributed by atoms with van der Waals surface area (Å²) < 4.78 is 12.4. The van der Waals surface area contributed by atoms with Crippen molar-refractivity contribution in [3.63, 3.8) is 0 Å². The summed E-state index contributed by atoms with van der Waals surface area (Å²) in [5.74, 6) is 1.20. The van der Waals surface area contributed by atoms with E-state index < -0.39 is 0 Å². The number of halogens is 1. The van der Waals surface area contributed by atoms with Gasteiger partial charge < -0.3 is 19.4 Å². The summed E-state index contributed by atoms with van der Waals surface area (Å²) in [6.45, 7) is 2.08. The van der Waals surface area contributed by atoms with E-state index in [1.165, 1.54) is 6.42 Å². The number of amides is 1. The summed E-state index contributed by atoms with van der Waals surface area (Å²) in [7, 11) is 1.61. The normalized spacial score (nSPS) is 14.1. The summed E-state index contributed by atoms with van der Waals surface area (Å²) in [6, 6.07) is 13.4. The third kappa shape index (κ3) is 3.90. The van der Waals surface area contributed by atoms with E-state index in [1.807, 2.05) is 42.5 Å². The van der Waals surface area contributed by atoms with Gasteiger partial charge in [-0.15, -0.1) is 0 Å². The minimum Gasteiger partial charge on any atom is -0.496 e. The predicted octanol–water partition coefficient (Wildman–Crippen LogP) is 5.07. The maximum absolute atomic E-state index is 13.1. The van der Waals surface area contributed by atoms with Gasteiger partial charge in [0, 0.05) is 35.1 Å². The van der Waals surface area contributed by atoms with Gasteiger partial charge in [-0.05, 0) is 49.6 Å². The van der Waals surface area contributed by atoms with Gasteiger partial charge in [-0.2, -0.15) is 0 Å². The van der Waals surface area contributed by atoms with Crippen LogP contribution in [-0.2, 0) is 6.54 Å². The van der Waals surface area contributed by atoms with Crippen molar-refractivity contribution in [3.05, 3.63) is 58.3 Å². The first-order chi connectivity index (χ1) is 15.6. The van der Waals surface area contributed by atoms with Crippen molar-refractivity contribution in [2.45, 2.75) is 25.8 Å². The number of rotatable bonds is 5. The highest BCUT2D eigenvalue weighted by Gasteiger charge is 2.24. The Hall–Kier alpha value is -3.13. The third-order valence-electron chi connectivity index (χ3n) is 5.74. The van der Waals surface area contributed by atoms with Crippen LogP contribution < -0.4 is 15.0 Å². The molecular formula is C24H23BrN4O3. The first kappa shape index (κ1) is 20.8. The SMILES string of the molecule is COc1ccc(Br)cc1CNC(=O)c1nc(N2CCCCC2)c2oc3ccccc3c2n1. The molecule has 0 radical (unpaired) electrons. The van der Waals surface area contributed by atoms with Crippen LogP contribution in [0.25, 0.3) is 22.1 Å². The van der Waals surface area contributed by atoms with E-state index in [4.69, 9.17) is 9.15 Å². The van der Waals surface area contributed by atoms with Crippen molar-refractivity contribution in [1.29, 1.82) is 0 Å². The quantitative estimate of drug-likeness (QED) is 0.417. The fourth-order valence-corrected chi connectivity index (χ4v) is 4.55. The molecule has 1 N–H and O–H groups in total. The van der Waals surface area contributed by atoms with Crippen LogP contribution in [0.3, 0.4) is 0 Å². The average Bonchev–Trinajstić information content (AvgIpc) is 3.21. The summed E-state index contributed by atoms with van der Waals surface area (Å²) >= 11 is 3.47. The van der Waals surface area contributed by atoms with Gasteiger partial charge in [-0.1, -0.05) is 28.1 Å². The number of anilines is 1. The van der Waals surface area contributed by atoms with Crippen LogP contribution in [0.15, 0.2) is 51.4 Å². The monoisotopic (exact) mass is 494 g/mol. The van der Waals surface area contributed by atoms with E-state index in [0.29, 0.717) is 29.2 Å². The van der Waals surface area contributed by atoms with Crippen molar-refractivity contribution in [2.75, 3.05) is 25.1 Å². The van der Waals surface area contributed by atoms with Gasteiger partial charge in [0.25, 0.3) is 5.91 Å². The first-order valence-electron chi connectivity index (χ1n) is 10.7. The maximum Gasteiger partial charge on any atom is 0.289 e. The molecule has 0 atom stereocenters. The number of piperidine rings is 1. The van der Waals surface area contributed by atoms with Crippen LogP contribution in [0.5, 0.6) is 5.75 Å². The molecule has 2 aromatic heterocycles. The zero-order valence-electron chi connectivity index (χ0n) is 17.7. The standard InChI is InChI=1S/C24H23BrN4O3/c1-31-18-10-9-16(25)13-15(18)14-26-24(30)22-27-20-17-7-3-4-8-19(17)32-21(20)23(28-22)29-11-5-2-6-12-29/h3-4,7-10,13H,2,5-6,11-12,14H2,1H3,(H,26,30). The fourth-order valence-electron chi connectivity index (χ4n) is 4.14. The lowest BCUT2D eigenvalue weighted by Gasteiger charge is -2.27. The number of fused-ring (bicyclic) bond motifs is 3. The number of methoxy groups -OCH3 is 1. The van der Waals surface area contributed by atoms with Crippen LogP contribution in [0.1, 0.15) is 35.4 Å². The number of carbonyl (C=O) groups excluding carboxylic acids is 1. The Morgan fingerprint density at radius 2 is 1.97 bits per heavy atom. The Morgan fingerprint density at radius 3 is 2.78 bits per heavy atom. The lowest BCUT2D eigenvalue weighted by Crippen LogP contribution is -2.32. The molecule has 4 aromatic rings. The van der Waals surface area contributed by atoms with Crippen LogP contribution in [-0.4, -0.2) is 36.1 Å². The molecule has 5 rings (SSSR count). The topological polar surface area (TPSA) is 80.5 Å². The van der Waals surface area contributed by atoms with Crippen molar-refractivity contribution in [3.8, 4) is 5.75 Å². The molecule has 0 unspecified atom stereocenters. The van der Waals surface area contributed by atoms with E-state index in [1.54, 1.807) is 7.11 Å². The van der Waals surface area contributed by atoms with E-state index >= 15 is 0 Å². The van der Waals surface area contributed by atoms with Crippen LogP contribution >= 0.6 is 15.9 Å². The van der Waals surface area contributed by atoms with Crippen LogP contribution in [0.4, 0.5) is 5.82 Å². The Labute approximate surface area is 193 Å². The summed E-state index contributed by atoms with van der Waals surface area (Å²) in [5, 5.41) is 3.82. The molecule has 0 saturated carbocycles. The van der Waals surface area contributed by atoms with Gasteiger partial charge in [0.2, 0.25) is 5.82 Å². The zero-order chi connectivity index (χ0) is 22.1. The smallest absolute Gasteiger partial charge is 0.289 e. The summed E-state index contributed by atoms with van der Waals surface area (Å²) in [5.41, 5.74) is 2.91. The van der Waals surface area contributed by atoms with Crippen molar-refractivity contribution < 1.29 is 13.9 Å². The molecule has 32 heavy (non-hydrogen) atoms. The van der Waals surface area contributed by atoms with Gasteiger partial charge in [0.15, 0.2) is 11.4 Å². The lowest BCUT2D eigenvalue weighted by molar-refractivity contribution is 0.0940. The molecule has 0 aliphatic carbocycles. The number of aromatic nitrogens is 2. The average molecular weight is 495 g/mol. The third-order valence-corrected chi connectivity index (χ3v) is 6.24. The fraction of sp³-hybridized carbons (Fsp3) is 0.292. The second-order valence-corrected chi connectivity index (χ2v) is 8.75. The molecule has 3 heterocycles. The van der Waals surface area contributed by atoms with E-state index in [9.17, 15) is 4.79 Å². The molecule has 1 amide bonds. The van der Waals surface area contributed by atoms with Gasteiger partial charge in [-0.25, -0.2) is 9.97 Å².